The molecular weight excluding hydrogens is 398 g/mol. The number of rotatable bonds is 6. The molecule has 2 aromatic carbocycles. The van der Waals surface area contributed by atoms with Crippen molar-refractivity contribution in [2.45, 2.75) is 6.92 Å². The van der Waals surface area contributed by atoms with E-state index in [1.54, 1.807) is 36.1 Å². The third-order valence-electron chi connectivity index (χ3n) is 4.36. The van der Waals surface area contributed by atoms with E-state index in [0.29, 0.717) is 22.5 Å². The van der Waals surface area contributed by atoms with Crippen LogP contribution in [-0.4, -0.2) is 30.9 Å². The molecule has 0 radical (unpaired) electrons. The maximum atomic E-state index is 11.6. The number of benzene rings is 2. The van der Waals surface area contributed by atoms with E-state index in [9.17, 15) is 14.9 Å². The number of H-pyrrole nitrogens is 1. The van der Waals surface area contributed by atoms with Crippen LogP contribution in [0.5, 0.6) is 0 Å². The summed E-state index contributed by atoms with van der Waals surface area (Å²) in [5.41, 5.74) is 5.78. The Bertz CT molecular complexity index is 1310. The predicted molar refractivity (Wildman–Crippen MR) is 116 cm³/mol. The zero-order valence-corrected chi connectivity index (χ0v) is 16.4. The Morgan fingerprint density at radius 3 is 2.58 bits per heavy atom. The number of aryl methyl sites for hydroxylation is 1. The van der Waals surface area contributed by atoms with Crippen molar-refractivity contribution in [3.63, 3.8) is 0 Å². The van der Waals surface area contributed by atoms with E-state index in [-0.39, 0.29) is 17.2 Å². The number of hydrogen-bond acceptors (Lipinski definition) is 7. The molecule has 0 saturated carbocycles. The maximum absolute atomic E-state index is 11.6. The lowest BCUT2D eigenvalue weighted by Gasteiger charge is -2.01. The molecule has 0 atom stereocenters. The van der Waals surface area contributed by atoms with Crippen molar-refractivity contribution in [2.75, 3.05) is 5.43 Å². The number of anilines is 1. The van der Waals surface area contributed by atoms with Crippen LogP contribution in [0, 0.1) is 17.0 Å². The summed E-state index contributed by atoms with van der Waals surface area (Å²) in [4.78, 5) is 28.8. The van der Waals surface area contributed by atoms with E-state index in [0.717, 1.165) is 5.69 Å². The molecule has 31 heavy (non-hydrogen) atoms. The van der Waals surface area contributed by atoms with Gasteiger partial charge in [-0.2, -0.15) is 10.2 Å². The molecule has 0 amide bonds. The molecule has 154 valence electrons. The largest absolute Gasteiger partial charge is 0.291 e. The first kappa shape index (κ1) is 19.7. The van der Waals surface area contributed by atoms with E-state index in [1.165, 1.54) is 18.2 Å². The average Bonchev–Trinajstić information content (AvgIpc) is 3.18. The van der Waals surface area contributed by atoms with E-state index in [1.807, 2.05) is 30.3 Å². The minimum absolute atomic E-state index is 0.00222. The number of para-hydroxylation sites is 1. The molecule has 2 heterocycles. The van der Waals surface area contributed by atoms with Crippen LogP contribution in [0.25, 0.3) is 16.9 Å². The van der Waals surface area contributed by atoms with Gasteiger partial charge < -0.3 is 0 Å². The van der Waals surface area contributed by atoms with Crippen molar-refractivity contribution in [1.82, 2.24) is 19.7 Å². The Balaban J connectivity index is 1.70. The van der Waals surface area contributed by atoms with Gasteiger partial charge in [0.25, 0.3) is 11.2 Å². The van der Waals surface area contributed by atoms with Gasteiger partial charge in [-0.3, -0.25) is 19.9 Å². The molecule has 2 N–H and O–H groups in total. The Kier molecular flexibility index (Phi) is 5.35. The molecular formula is C21H17N7O3. The standard InChI is InChI=1S/C21H17N7O3/c1-14-11-19(29)24-21(23-14)25-22-12-16-13-27(17-5-3-2-4-6-17)26-20(16)15-7-9-18(10-8-15)28(30)31/h2-13H,1H3,(H2,23,24,25,29)/b22-12-. The first-order valence-electron chi connectivity index (χ1n) is 9.26. The second-order valence-corrected chi connectivity index (χ2v) is 6.62. The number of nitrogens with zero attached hydrogens (tertiary/aromatic N) is 5. The Morgan fingerprint density at radius 1 is 1.16 bits per heavy atom. The summed E-state index contributed by atoms with van der Waals surface area (Å²) < 4.78 is 1.70. The molecule has 0 aliphatic heterocycles. The number of non-ortho nitro benzene ring substituents is 1. The summed E-state index contributed by atoms with van der Waals surface area (Å²) in [6.45, 7) is 1.71. The summed E-state index contributed by atoms with van der Waals surface area (Å²) in [5.74, 6) is 0.216. The zero-order chi connectivity index (χ0) is 21.8. The van der Waals surface area contributed by atoms with E-state index >= 15 is 0 Å². The van der Waals surface area contributed by atoms with Crippen molar-refractivity contribution in [1.29, 1.82) is 0 Å². The van der Waals surface area contributed by atoms with Gasteiger partial charge in [0.15, 0.2) is 0 Å². The Hall–Kier alpha value is -4.60. The third-order valence-corrected chi connectivity index (χ3v) is 4.36. The normalized spacial score (nSPS) is 11.0. The summed E-state index contributed by atoms with van der Waals surface area (Å²) in [6, 6.07) is 17.0. The first-order valence-corrected chi connectivity index (χ1v) is 9.26. The van der Waals surface area contributed by atoms with Crippen LogP contribution in [0.4, 0.5) is 11.6 Å². The van der Waals surface area contributed by atoms with Gasteiger partial charge in [-0.15, -0.1) is 0 Å². The summed E-state index contributed by atoms with van der Waals surface area (Å²) in [7, 11) is 0. The fraction of sp³-hybridized carbons (Fsp3) is 0.0476. The van der Waals surface area contributed by atoms with Crippen LogP contribution in [0.2, 0.25) is 0 Å². The molecule has 10 heteroatoms. The minimum Gasteiger partial charge on any atom is -0.291 e. The van der Waals surface area contributed by atoms with Crippen molar-refractivity contribution >= 4 is 17.9 Å². The number of nitro benzene ring substituents is 1. The highest BCUT2D eigenvalue weighted by Gasteiger charge is 2.13. The molecule has 2 aromatic heterocycles. The van der Waals surface area contributed by atoms with E-state index in [4.69, 9.17) is 0 Å². The molecule has 0 bridgehead atoms. The summed E-state index contributed by atoms with van der Waals surface area (Å²) in [6.07, 6.45) is 3.34. The summed E-state index contributed by atoms with van der Waals surface area (Å²) >= 11 is 0. The molecule has 0 saturated heterocycles. The van der Waals surface area contributed by atoms with E-state index in [2.05, 4.69) is 25.6 Å². The lowest BCUT2D eigenvalue weighted by atomic mass is 10.1. The van der Waals surface area contributed by atoms with E-state index < -0.39 is 4.92 Å². The quantitative estimate of drug-likeness (QED) is 0.282. The lowest BCUT2D eigenvalue weighted by molar-refractivity contribution is -0.384. The molecule has 0 aliphatic carbocycles. The molecule has 0 fully saturated rings. The number of hydrogen-bond donors (Lipinski definition) is 2. The van der Waals surface area contributed by atoms with Gasteiger partial charge in [0.1, 0.15) is 5.69 Å². The number of nitro groups is 1. The van der Waals surface area contributed by atoms with Crippen LogP contribution in [0.1, 0.15) is 11.3 Å². The smallest absolute Gasteiger partial charge is 0.269 e. The van der Waals surface area contributed by atoms with Crippen LogP contribution < -0.4 is 11.0 Å². The van der Waals surface area contributed by atoms with Gasteiger partial charge in [0, 0.05) is 41.2 Å². The highest BCUT2D eigenvalue weighted by molar-refractivity contribution is 5.89. The zero-order valence-electron chi connectivity index (χ0n) is 16.4. The van der Waals surface area contributed by atoms with Crippen LogP contribution >= 0.6 is 0 Å². The average molecular weight is 415 g/mol. The Labute approximate surface area is 176 Å². The molecule has 0 spiro atoms. The molecule has 4 rings (SSSR count). The van der Waals surface area contributed by atoms with Crippen molar-refractivity contribution < 1.29 is 4.92 Å². The van der Waals surface area contributed by atoms with Gasteiger partial charge in [0.2, 0.25) is 5.95 Å². The first-order chi connectivity index (χ1) is 15.0. The van der Waals surface area contributed by atoms with Crippen LogP contribution in [0.3, 0.4) is 0 Å². The molecule has 4 aromatic rings. The van der Waals surface area contributed by atoms with Crippen molar-refractivity contribution in [3.05, 3.63) is 98.6 Å². The van der Waals surface area contributed by atoms with Gasteiger partial charge >= 0.3 is 0 Å². The SMILES string of the molecule is Cc1cc(=O)[nH]c(N/N=C\c2cn(-c3ccccc3)nc2-c2ccc([N+](=O)[O-])cc2)n1. The van der Waals surface area contributed by atoms with Crippen LogP contribution in [-0.2, 0) is 0 Å². The third kappa shape index (κ3) is 4.53. The van der Waals surface area contributed by atoms with Gasteiger partial charge in [-0.1, -0.05) is 18.2 Å². The molecule has 10 nitrogen and oxygen atoms in total. The topological polar surface area (TPSA) is 131 Å². The van der Waals surface area contributed by atoms with Crippen molar-refractivity contribution in [3.8, 4) is 16.9 Å². The second-order valence-electron chi connectivity index (χ2n) is 6.62. The predicted octanol–water partition coefficient (Wildman–Crippen LogP) is 3.29. The highest BCUT2D eigenvalue weighted by atomic mass is 16.6. The lowest BCUT2D eigenvalue weighted by Crippen LogP contribution is -2.10. The molecule has 0 aliphatic rings. The second kappa shape index (κ2) is 8.41. The molecule has 0 unspecified atom stereocenters. The van der Waals surface area contributed by atoms with Crippen LogP contribution in [0.15, 0.2) is 76.8 Å². The number of aromatic amines is 1. The van der Waals surface area contributed by atoms with Gasteiger partial charge in [-0.05, 0) is 31.2 Å². The number of hydrazone groups is 1. The highest BCUT2D eigenvalue weighted by Crippen LogP contribution is 2.25. The minimum atomic E-state index is -0.450. The van der Waals surface area contributed by atoms with Crippen molar-refractivity contribution in [2.24, 2.45) is 5.10 Å². The fourth-order valence-electron chi connectivity index (χ4n) is 2.96. The Morgan fingerprint density at radius 2 is 1.90 bits per heavy atom. The van der Waals surface area contributed by atoms with Gasteiger partial charge in [-0.25, -0.2) is 15.1 Å². The number of aromatic nitrogens is 4. The maximum Gasteiger partial charge on any atom is 0.269 e. The number of nitrogens with one attached hydrogen (secondary N) is 2. The fourth-order valence-corrected chi connectivity index (χ4v) is 2.96. The monoisotopic (exact) mass is 415 g/mol. The van der Waals surface area contributed by atoms with Gasteiger partial charge in [0.05, 0.1) is 16.8 Å². The summed E-state index contributed by atoms with van der Waals surface area (Å²) in [5, 5.41) is 19.8.